The zero-order chi connectivity index (χ0) is 12.3. The highest BCUT2D eigenvalue weighted by Crippen LogP contribution is 2.27. The van der Waals surface area contributed by atoms with Crippen LogP contribution in [0, 0.1) is 12.3 Å². The molecule has 4 nitrogen and oxygen atoms in total. The van der Waals surface area contributed by atoms with Crippen LogP contribution in [0.1, 0.15) is 32.1 Å². The van der Waals surface area contributed by atoms with Gasteiger partial charge >= 0.3 is 0 Å². The fourth-order valence-corrected chi connectivity index (χ4v) is 2.93. The van der Waals surface area contributed by atoms with Crippen molar-refractivity contribution in [2.75, 3.05) is 13.1 Å². The number of hydrogen-bond acceptors (Lipinski definition) is 3. The highest BCUT2D eigenvalue weighted by Gasteiger charge is 2.36. The third-order valence-corrected chi connectivity index (χ3v) is 3.86. The number of fused-ring (bicyclic) bond motifs is 1. The van der Waals surface area contributed by atoms with E-state index in [4.69, 9.17) is 12.2 Å². The topological polar surface area (TPSA) is 58.4 Å². The maximum absolute atomic E-state index is 11.8. The van der Waals surface area contributed by atoms with Gasteiger partial charge in [-0.05, 0) is 25.8 Å². The Balaban J connectivity index is 1.87. The van der Waals surface area contributed by atoms with Crippen molar-refractivity contribution in [3.8, 4) is 12.3 Å². The molecule has 4 heteroatoms. The molecule has 2 saturated heterocycles. The van der Waals surface area contributed by atoms with Crippen molar-refractivity contribution < 1.29 is 4.79 Å². The van der Waals surface area contributed by atoms with Gasteiger partial charge in [0.1, 0.15) is 0 Å². The zero-order valence-electron chi connectivity index (χ0n) is 10.2. The van der Waals surface area contributed by atoms with Crippen molar-refractivity contribution in [2.24, 2.45) is 5.73 Å². The number of nitrogens with one attached hydrogen (secondary N) is 1. The first-order valence-corrected chi connectivity index (χ1v) is 6.46. The smallest absolute Gasteiger partial charge is 0.238 e. The standard InChI is InChI=1S/C13H21N3O/c1-2-5-10(14)13(17)15-11-7-9-16-8-4-3-6-12(11)16/h1,10-12H,3-9,14H2,(H,15,17). The van der Waals surface area contributed by atoms with E-state index in [2.05, 4.69) is 16.1 Å². The second-order valence-corrected chi connectivity index (χ2v) is 5.02. The van der Waals surface area contributed by atoms with Crippen LogP contribution in [-0.2, 0) is 4.79 Å². The van der Waals surface area contributed by atoms with E-state index in [0.29, 0.717) is 12.5 Å². The van der Waals surface area contributed by atoms with Crippen LogP contribution in [0.4, 0.5) is 0 Å². The first-order valence-electron chi connectivity index (χ1n) is 6.46. The van der Waals surface area contributed by atoms with E-state index in [1.165, 1.54) is 25.8 Å². The second kappa shape index (κ2) is 5.52. The van der Waals surface area contributed by atoms with E-state index in [0.717, 1.165) is 13.0 Å². The highest BCUT2D eigenvalue weighted by molar-refractivity contribution is 5.82. The Morgan fingerprint density at radius 2 is 2.29 bits per heavy atom. The molecule has 2 fully saturated rings. The minimum absolute atomic E-state index is 0.0969. The molecule has 94 valence electrons. The molecule has 3 N–H and O–H groups in total. The van der Waals surface area contributed by atoms with Crippen molar-refractivity contribution in [3.63, 3.8) is 0 Å². The van der Waals surface area contributed by atoms with Crippen LogP contribution in [0.25, 0.3) is 0 Å². The molecule has 0 bridgehead atoms. The van der Waals surface area contributed by atoms with Gasteiger partial charge in [-0.3, -0.25) is 9.69 Å². The van der Waals surface area contributed by atoms with Gasteiger partial charge in [0, 0.05) is 25.0 Å². The largest absolute Gasteiger partial charge is 0.350 e. The Morgan fingerprint density at radius 1 is 1.47 bits per heavy atom. The van der Waals surface area contributed by atoms with Crippen molar-refractivity contribution >= 4 is 5.91 Å². The summed E-state index contributed by atoms with van der Waals surface area (Å²) in [5.41, 5.74) is 5.71. The van der Waals surface area contributed by atoms with Crippen molar-refractivity contribution in [1.29, 1.82) is 0 Å². The van der Waals surface area contributed by atoms with Gasteiger partial charge in [0.25, 0.3) is 0 Å². The van der Waals surface area contributed by atoms with Gasteiger partial charge < -0.3 is 11.1 Å². The molecule has 0 aliphatic carbocycles. The maximum atomic E-state index is 11.8. The molecule has 2 aliphatic rings. The van der Waals surface area contributed by atoms with Crippen molar-refractivity contribution in [3.05, 3.63) is 0 Å². The summed E-state index contributed by atoms with van der Waals surface area (Å²) in [4.78, 5) is 14.3. The third-order valence-electron chi connectivity index (χ3n) is 3.86. The minimum Gasteiger partial charge on any atom is -0.350 e. The Hall–Kier alpha value is -1.05. The SMILES string of the molecule is C#CCC(N)C(=O)NC1CCN2CCCCC12. The quantitative estimate of drug-likeness (QED) is 0.681. The van der Waals surface area contributed by atoms with Crippen LogP contribution in [0.2, 0.25) is 0 Å². The van der Waals surface area contributed by atoms with Crippen LogP contribution in [0.3, 0.4) is 0 Å². The van der Waals surface area contributed by atoms with Crippen LogP contribution in [0.15, 0.2) is 0 Å². The molecular weight excluding hydrogens is 214 g/mol. The Morgan fingerprint density at radius 3 is 3.06 bits per heavy atom. The molecule has 17 heavy (non-hydrogen) atoms. The summed E-state index contributed by atoms with van der Waals surface area (Å²) < 4.78 is 0. The number of carbonyl (C=O) groups is 1. The van der Waals surface area contributed by atoms with Gasteiger partial charge in [0.2, 0.25) is 5.91 Å². The van der Waals surface area contributed by atoms with E-state index in [9.17, 15) is 4.79 Å². The van der Waals surface area contributed by atoms with E-state index >= 15 is 0 Å². The molecule has 2 rings (SSSR count). The molecule has 1 amide bonds. The molecule has 2 aliphatic heterocycles. The van der Waals surface area contributed by atoms with Crippen molar-refractivity contribution in [2.45, 2.75) is 50.2 Å². The average molecular weight is 235 g/mol. The lowest BCUT2D eigenvalue weighted by Gasteiger charge is -2.32. The number of rotatable bonds is 3. The summed E-state index contributed by atoms with van der Waals surface area (Å²) in [6.07, 6.45) is 10.3. The normalized spacial score (nSPS) is 30.4. The second-order valence-electron chi connectivity index (χ2n) is 5.02. The molecule has 3 unspecified atom stereocenters. The molecule has 0 aromatic rings. The Kier molecular flexibility index (Phi) is 4.03. The van der Waals surface area contributed by atoms with Gasteiger partial charge in [0.15, 0.2) is 0 Å². The third kappa shape index (κ3) is 2.80. The summed E-state index contributed by atoms with van der Waals surface area (Å²) in [6.45, 7) is 2.27. The lowest BCUT2D eigenvalue weighted by molar-refractivity contribution is -0.123. The Labute approximate surface area is 103 Å². The predicted octanol–water partition coefficient (Wildman–Crippen LogP) is 0.0800. The lowest BCUT2D eigenvalue weighted by Crippen LogP contribution is -2.51. The molecule has 0 spiro atoms. The first-order chi connectivity index (χ1) is 8.22. The van der Waals surface area contributed by atoms with Gasteiger partial charge in [-0.15, -0.1) is 12.3 Å². The van der Waals surface area contributed by atoms with Crippen LogP contribution in [0.5, 0.6) is 0 Å². The van der Waals surface area contributed by atoms with Crippen LogP contribution >= 0.6 is 0 Å². The number of hydrogen-bond donors (Lipinski definition) is 2. The fraction of sp³-hybridized carbons (Fsp3) is 0.769. The summed E-state index contributed by atoms with van der Waals surface area (Å²) in [5, 5.41) is 3.06. The van der Waals surface area contributed by atoms with Gasteiger partial charge in [-0.1, -0.05) is 6.42 Å². The average Bonchev–Trinajstić information content (AvgIpc) is 2.73. The first kappa shape index (κ1) is 12.4. The number of piperidine rings is 1. The van der Waals surface area contributed by atoms with E-state index in [-0.39, 0.29) is 11.9 Å². The monoisotopic (exact) mass is 235 g/mol. The predicted molar refractivity (Wildman–Crippen MR) is 67.2 cm³/mol. The molecule has 0 radical (unpaired) electrons. The maximum Gasteiger partial charge on any atom is 0.238 e. The lowest BCUT2D eigenvalue weighted by atomic mass is 9.98. The van der Waals surface area contributed by atoms with Gasteiger partial charge in [-0.25, -0.2) is 0 Å². The van der Waals surface area contributed by atoms with Crippen LogP contribution < -0.4 is 11.1 Å². The fourth-order valence-electron chi connectivity index (χ4n) is 2.93. The minimum atomic E-state index is -0.558. The number of terminal acetylenes is 1. The Bertz CT molecular complexity index is 323. The molecule has 0 saturated carbocycles. The summed E-state index contributed by atoms with van der Waals surface area (Å²) in [6, 6.07) is 0.231. The zero-order valence-corrected chi connectivity index (χ0v) is 10.2. The summed E-state index contributed by atoms with van der Waals surface area (Å²) in [7, 11) is 0. The number of nitrogens with zero attached hydrogens (tertiary/aromatic N) is 1. The molecule has 0 aromatic heterocycles. The van der Waals surface area contributed by atoms with Gasteiger partial charge in [-0.2, -0.15) is 0 Å². The van der Waals surface area contributed by atoms with Crippen LogP contribution in [-0.4, -0.2) is 42.0 Å². The van der Waals surface area contributed by atoms with E-state index < -0.39 is 6.04 Å². The van der Waals surface area contributed by atoms with Crippen molar-refractivity contribution in [1.82, 2.24) is 10.2 Å². The molecule has 2 heterocycles. The van der Waals surface area contributed by atoms with E-state index in [1.54, 1.807) is 0 Å². The number of carbonyl (C=O) groups excluding carboxylic acids is 1. The molecule has 3 atom stereocenters. The molecule has 0 aromatic carbocycles. The highest BCUT2D eigenvalue weighted by atomic mass is 16.2. The summed E-state index contributed by atoms with van der Waals surface area (Å²) in [5.74, 6) is 2.34. The summed E-state index contributed by atoms with van der Waals surface area (Å²) >= 11 is 0. The molecular formula is C13H21N3O. The van der Waals surface area contributed by atoms with Gasteiger partial charge in [0.05, 0.1) is 6.04 Å². The van der Waals surface area contributed by atoms with E-state index in [1.807, 2.05) is 0 Å². The number of amides is 1. The number of nitrogens with two attached hydrogens (primary N) is 1.